The highest BCUT2D eigenvalue weighted by Gasteiger charge is 2.41. The van der Waals surface area contributed by atoms with Crippen molar-refractivity contribution < 1.29 is 4.74 Å². The van der Waals surface area contributed by atoms with Crippen LogP contribution in [-0.4, -0.2) is 25.3 Å². The van der Waals surface area contributed by atoms with Crippen molar-refractivity contribution >= 4 is 0 Å². The molecule has 2 heteroatoms. The highest BCUT2D eigenvalue weighted by atomic mass is 16.5. The van der Waals surface area contributed by atoms with Gasteiger partial charge in [-0.05, 0) is 0 Å². The fourth-order valence-electron chi connectivity index (χ4n) is 0.870. The van der Waals surface area contributed by atoms with Crippen molar-refractivity contribution in [3.05, 3.63) is 0 Å². The maximum Gasteiger partial charge on any atom is 0.0636 e. The van der Waals surface area contributed by atoms with Gasteiger partial charge in [0.05, 0.1) is 13.2 Å². The Balaban J connectivity index is 2.09. The van der Waals surface area contributed by atoms with E-state index in [2.05, 4.69) is 5.32 Å². The Morgan fingerprint density at radius 3 is 2.17 bits per heavy atom. The van der Waals surface area contributed by atoms with E-state index >= 15 is 0 Å². The van der Waals surface area contributed by atoms with Gasteiger partial charge in [-0.3, -0.25) is 0 Å². The average Bonchev–Trinajstić information content (AvgIpc) is 2.17. The summed E-state index contributed by atoms with van der Waals surface area (Å²) in [6.45, 7) is 1.90. The monoisotopic (exact) mass is 85.1 g/mol. The van der Waals surface area contributed by atoms with Gasteiger partial charge < -0.3 is 10.1 Å². The molecule has 2 aliphatic heterocycles. The average molecular weight is 85.1 g/mol. The summed E-state index contributed by atoms with van der Waals surface area (Å²) in [7, 11) is 0. The van der Waals surface area contributed by atoms with E-state index in [4.69, 9.17) is 4.74 Å². The van der Waals surface area contributed by atoms with E-state index in [0.717, 1.165) is 25.3 Å². The summed E-state index contributed by atoms with van der Waals surface area (Å²) >= 11 is 0. The maximum absolute atomic E-state index is 5.04. The minimum atomic E-state index is 0.741. The van der Waals surface area contributed by atoms with Crippen LogP contribution in [0.1, 0.15) is 0 Å². The molecule has 0 amide bonds. The Kier molecular flexibility index (Phi) is 0.383. The number of ether oxygens (including phenoxy) is 1. The van der Waals surface area contributed by atoms with E-state index in [0.29, 0.717) is 0 Å². The van der Waals surface area contributed by atoms with Gasteiger partial charge >= 0.3 is 0 Å². The van der Waals surface area contributed by atoms with Gasteiger partial charge in [-0.2, -0.15) is 0 Å². The second-order valence-corrected chi connectivity index (χ2v) is 1.92. The molecule has 0 aromatic heterocycles. The molecule has 0 unspecified atom stereocenters. The van der Waals surface area contributed by atoms with Gasteiger partial charge in [-0.15, -0.1) is 0 Å². The predicted octanol–water partition coefficient (Wildman–Crippen LogP) is -0.643. The van der Waals surface area contributed by atoms with Crippen LogP contribution in [0.25, 0.3) is 0 Å². The van der Waals surface area contributed by atoms with Gasteiger partial charge in [-0.1, -0.05) is 0 Å². The van der Waals surface area contributed by atoms with Crippen LogP contribution in [0.3, 0.4) is 0 Å². The summed E-state index contributed by atoms with van der Waals surface area (Å²) in [6.07, 6.45) is 0. The van der Waals surface area contributed by atoms with E-state index in [1.807, 2.05) is 0 Å². The second kappa shape index (κ2) is 0.768. The minimum absolute atomic E-state index is 0.741. The minimum Gasteiger partial charge on any atom is -0.378 e. The van der Waals surface area contributed by atoms with Gasteiger partial charge in [0.2, 0.25) is 0 Å². The van der Waals surface area contributed by atoms with E-state index in [9.17, 15) is 0 Å². The zero-order chi connectivity index (χ0) is 3.98. The third kappa shape index (κ3) is 0.235. The smallest absolute Gasteiger partial charge is 0.0636 e. The maximum atomic E-state index is 5.04. The highest BCUT2D eigenvalue weighted by molar-refractivity contribution is 5.01. The number of morpholine rings is 1. The first-order valence-electron chi connectivity index (χ1n) is 2.30. The molecular weight excluding hydrogens is 78.0 g/mol. The summed E-state index contributed by atoms with van der Waals surface area (Å²) in [5.41, 5.74) is 0. The van der Waals surface area contributed by atoms with E-state index in [-0.39, 0.29) is 0 Å². The standard InChI is InChI=1S/C4H7NO/c1-3-4(5-3)2-6-1/h3-5H,1-2H2/t3-,4+. The molecular formula is C4H7NO. The van der Waals surface area contributed by atoms with Crippen LogP contribution in [0.2, 0.25) is 0 Å². The molecule has 0 spiro atoms. The summed E-state index contributed by atoms with van der Waals surface area (Å²) in [4.78, 5) is 0. The molecule has 0 aromatic rings. The van der Waals surface area contributed by atoms with Crippen LogP contribution in [0.5, 0.6) is 0 Å². The quantitative estimate of drug-likeness (QED) is 0.396. The Morgan fingerprint density at radius 1 is 1.33 bits per heavy atom. The first-order chi connectivity index (χ1) is 2.97. The van der Waals surface area contributed by atoms with Crippen molar-refractivity contribution in [3.63, 3.8) is 0 Å². The molecule has 1 N–H and O–H groups in total. The SMILES string of the molecule is C1OC[C@H]2N[C@@H]12. The number of rotatable bonds is 0. The first kappa shape index (κ1) is 2.99. The van der Waals surface area contributed by atoms with Crippen LogP contribution in [-0.2, 0) is 4.74 Å². The van der Waals surface area contributed by atoms with Crippen molar-refractivity contribution in [3.8, 4) is 0 Å². The summed E-state index contributed by atoms with van der Waals surface area (Å²) in [5.74, 6) is 0. The molecule has 0 radical (unpaired) electrons. The highest BCUT2D eigenvalue weighted by Crippen LogP contribution is 2.17. The molecule has 2 atom stereocenters. The predicted molar refractivity (Wildman–Crippen MR) is 21.5 cm³/mol. The Bertz CT molecular complexity index is 65.9. The molecule has 2 saturated heterocycles. The lowest BCUT2D eigenvalue weighted by atomic mass is 10.4. The Labute approximate surface area is 36.5 Å². The van der Waals surface area contributed by atoms with Gasteiger partial charge in [0, 0.05) is 12.1 Å². The van der Waals surface area contributed by atoms with Gasteiger partial charge in [0.15, 0.2) is 0 Å². The van der Waals surface area contributed by atoms with Crippen molar-refractivity contribution in [2.45, 2.75) is 12.1 Å². The molecule has 2 fully saturated rings. The fraction of sp³-hybridized carbons (Fsp3) is 1.00. The third-order valence-electron chi connectivity index (χ3n) is 1.40. The van der Waals surface area contributed by atoms with Gasteiger partial charge in [-0.25, -0.2) is 0 Å². The van der Waals surface area contributed by atoms with Gasteiger partial charge in [0.25, 0.3) is 0 Å². The number of nitrogens with one attached hydrogen (secondary N) is 1. The second-order valence-electron chi connectivity index (χ2n) is 1.92. The van der Waals surface area contributed by atoms with Crippen LogP contribution in [0.15, 0.2) is 0 Å². The molecule has 0 aromatic carbocycles. The normalized spacial score (nSPS) is 52.0. The van der Waals surface area contributed by atoms with Crippen molar-refractivity contribution in [2.75, 3.05) is 13.2 Å². The largest absolute Gasteiger partial charge is 0.378 e. The molecule has 2 nitrogen and oxygen atoms in total. The first-order valence-corrected chi connectivity index (χ1v) is 2.30. The number of hydrogen-bond donors (Lipinski definition) is 1. The lowest BCUT2D eigenvalue weighted by molar-refractivity contribution is 0.172. The molecule has 2 rings (SSSR count). The van der Waals surface area contributed by atoms with E-state index < -0.39 is 0 Å². The van der Waals surface area contributed by atoms with Crippen LogP contribution >= 0.6 is 0 Å². The van der Waals surface area contributed by atoms with Crippen LogP contribution in [0.4, 0.5) is 0 Å². The molecule has 0 saturated carbocycles. The van der Waals surface area contributed by atoms with Crippen molar-refractivity contribution in [1.29, 1.82) is 0 Å². The molecule has 0 aliphatic carbocycles. The van der Waals surface area contributed by atoms with E-state index in [1.54, 1.807) is 0 Å². The number of hydrogen-bond acceptors (Lipinski definition) is 2. The molecule has 0 bridgehead atoms. The van der Waals surface area contributed by atoms with Crippen molar-refractivity contribution in [2.24, 2.45) is 0 Å². The summed E-state index contributed by atoms with van der Waals surface area (Å²) < 4.78 is 5.04. The molecule has 2 heterocycles. The molecule has 2 aliphatic rings. The zero-order valence-corrected chi connectivity index (χ0v) is 3.48. The topological polar surface area (TPSA) is 31.2 Å². The Hall–Kier alpha value is -0.0800. The molecule has 6 heavy (non-hydrogen) atoms. The lowest BCUT2D eigenvalue weighted by Crippen LogP contribution is -2.01. The summed E-state index contributed by atoms with van der Waals surface area (Å²) in [5, 5.41) is 3.24. The molecule has 34 valence electrons. The van der Waals surface area contributed by atoms with Crippen LogP contribution in [0, 0.1) is 0 Å². The lowest BCUT2D eigenvalue weighted by Gasteiger charge is -1.88. The number of fused-ring (bicyclic) bond motifs is 1. The van der Waals surface area contributed by atoms with Gasteiger partial charge in [0.1, 0.15) is 0 Å². The van der Waals surface area contributed by atoms with Crippen molar-refractivity contribution in [1.82, 2.24) is 5.32 Å². The zero-order valence-electron chi connectivity index (χ0n) is 3.48. The van der Waals surface area contributed by atoms with Crippen LogP contribution < -0.4 is 5.32 Å². The Morgan fingerprint density at radius 2 is 2.00 bits per heavy atom. The third-order valence-corrected chi connectivity index (χ3v) is 1.40. The fourth-order valence-corrected chi connectivity index (χ4v) is 0.870. The van der Waals surface area contributed by atoms with E-state index in [1.165, 1.54) is 0 Å². The summed E-state index contributed by atoms with van der Waals surface area (Å²) in [6, 6.07) is 1.48.